The second kappa shape index (κ2) is 2.86. The topological polar surface area (TPSA) is 23.8 Å². The van der Waals surface area contributed by atoms with Gasteiger partial charge in [-0.3, -0.25) is 0 Å². The van der Waals surface area contributed by atoms with E-state index in [0.717, 1.165) is 18.2 Å². The molecule has 1 radical (unpaired) electrons. The van der Waals surface area contributed by atoms with E-state index in [2.05, 4.69) is 6.07 Å². The van der Waals surface area contributed by atoms with E-state index in [4.69, 9.17) is 5.26 Å². The third-order valence-corrected chi connectivity index (χ3v) is 1.26. The van der Waals surface area contributed by atoms with Gasteiger partial charge in [0, 0.05) is 6.07 Å². The third kappa shape index (κ3) is 1.76. The highest BCUT2D eigenvalue weighted by atomic mass is 19.4. The van der Waals surface area contributed by atoms with Crippen LogP contribution < -0.4 is 0 Å². The van der Waals surface area contributed by atoms with E-state index >= 15 is 0 Å². The van der Waals surface area contributed by atoms with E-state index in [1.807, 2.05) is 0 Å². The number of benzene rings is 1. The number of rotatable bonds is 0. The maximum absolute atomic E-state index is 11.9. The predicted molar refractivity (Wildman–Crippen MR) is 35.0 cm³/mol. The first kappa shape index (κ1) is 8.60. The lowest BCUT2D eigenvalue weighted by atomic mass is 10.1. The Bertz CT molecular complexity index is 305. The molecule has 1 nitrogen and oxygen atoms in total. The van der Waals surface area contributed by atoms with Gasteiger partial charge in [-0.25, -0.2) is 0 Å². The van der Waals surface area contributed by atoms with Crippen LogP contribution >= 0.6 is 0 Å². The Kier molecular flexibility index (Phi) is 2.05. The van der Waals surface area contributed by atoms with E-state index < -0.39 is 11.7 Å². The molecule has 0 heterocycles. The van der Waals surface area contributed by atoms with Gasteiger partial charge in [-0.15, -0.1) is 0 Å². The molecule has 1 aromatic rings. The molecule has 0 atom stereocenters. The number of nitrogens with zero attached hydrogens (tertiary/aromatic N) is 1. The van der Waals surface area contributed by atoms with Crippen LogP contribution in [-0.2, 0) is 6.18 Å². The van der Waals surface area contributed by atoms with Crippen LogP contribution in [0.4, 0.5) is 13.2 Å². The predicted octanol–water partition coefficient (Wildman–Crippen LogP) is 2.38. The molecule has 0 aliphatic heterocycles. The van der Waals surface area contributed by atoms with Crippen LogP contribution in [0.1, 0.15) is 11.1 Å². The van der Waals surface area contributed by atoms with Crippen molar-refractivity contribution in [1.29, 1.82) is 5.26 Å². The first-order valence-electron chi connectivity index (χ1n) is 3.03. The summed E-state index contributed by atoms with van der Waals surface area (Å²) in [7, 11) is 0. The quantitative estimate of drug-likeness (QED) is 0.586. The Balaban J connectivity index is 3.02. The van der Waals surface area contributed by atoms with Crippen LogP contribution in [0.2, 0.25) is 0 Å². The van der Waals surface area contributed by atoms with Gasteiger partial charge >= 0.3 is 6.18 Å². The van der Waals surface area contributed by atoms with Crippen LogP contribution in [0.15, 0.2) is 18.2 Å². The molecule has 0 spiro atoms. The van der Waals surface area contributed by atoms with Gasteiger partial charge < -0.3 is 0 Å². The van der Waals surface area contributed by atoms with E-state index in [1.54, 1.807) is 6.07 Å². The normalized spacial score (nSPS) is 10.8. The monoisotopic (exact) mass is 170 g/mol. The van der Waals surface area contributed by atoms with Crippen molar-refractivity contribution in [2.45, 2.75) is 6.18 Å². The van der Waals surface area contributed by atoms with Crippen molar-refractivity contribution in [3.8, 4) is 6.07 Å². The molecule has 0 unspecified atom stereocenters. The Morgan fingerprint density at radius 1 is 1.33 bits per heavy atom. The smallest absolute Gasteiger partial charge is 0.192 e. The summed E-state index contributed by atoms with van der Waals surface area (Å²) in [5.41, 5.74) is -0.690. The largest absolute Gasteiger partial charge is 0.416 e. The van der Waals surface area contributed by atoms with E-state index in [-0.39, 0.29) is 5.56 Å². The number of hydrogen-bond acceptors (Lipinski definition) is 1. The molecule has 0 saturated heterocycles. The van der Waals surface area contributed by atoms with Crippen molar-refractivity contribution in [2.24, 2.45) is 0 Å². The van der Waals surface area contributed by atoms with Gasteiger partial charge in [-0.2, -0.15) is 18.4 Å². The lowest BCUT2D eigenvalue weighted by molar-refractivity contribution is -0.137. The fraction of sp³-hybridized carbons (Fsp3) is 0.125. The molecular weight excluding hydrogens is 167 g/mol. The SMILES string of the molecule is N#Cc1[c]cc(C(F)(F)F)cc1. The summed E-state index contributed by atoms with van der Waals surface area (Å²) in [5, 5.41) is 8.27. The minimum absolute atomic E-state index is 0.100. The highest BCUT2D eigenvalue weighted by Gasteiger charge is 2.29. The van der Waals surface area contributed by atoms with Gasteiger partial charge in [-0.1, -0.05) is 0 Å². The van der Waals surface area contributed by atoms with Crippen molar-refractivity contribution in [2.75, 3.05) is 0 Å². The third-order valence-electron chi connectivity index (χ3n) is 1.26. The average Bonchev–Trinajstić information content (AvgIpc) is 2.03. The van der Waals surface area contributed by atoms with Crippen LogP contribution in [0.25, 0.3) is 0 Å². The van der Waals surface area contributed by atoms with Crippen molar-refractivity contribution in [3.05, 3.63) is 35.4 Å². The maximum Gasteiger partial charge on any atom is 0.416 e. The zero-order valence-electron chi connectivity index (χ0n) is 5.81. The molecule has 1 aromatic carbocycles. The van der Waals surface area contributed by atoms with Crippen LogP contribution in [0, 0.1) is 17.4 Å². The first-order chi connectivity index (χ1) is 5.54. The number of nitriles is 1. The van der Waals surface area contributed by atoms with Crippen LogP contribution in [0.5, 0.6) is 0 Å². The summed E-state index contributed by atoms with van der Waals surface area (Å²) in [4.78, 5) is 0. The van der Waals surface area contributed by atoms with Gasteiger partial charge in [0.25, 0.3) is 0 Å². The fourth-order valence-electron chi connectivity index (χ4n) is 0.671. The standard InChI is InChI=1S/C8H3F3N/c9-8(10,11)7-3-1-6(5-12)2-4-7/h1,3-4H. The first-order valence-corrected chi connectivity index (χ1v) is 3.03. The fourth-order valence-corrected chi connectivity index (χ4v) is 0.671. The molecule has 0 aromatic heterocycles. The summed E-state index contributed by atoms with van der Waals surface area (Å²) in [6.07, 6.45) is -4.36. The van der Waals surface area contributed by atoms with E-state index in [0.29, 0.717) is 0 Å². The van der Waals surface area contributed by atoms with Crippen LogP contribution in [0.3, 0.4) is 0 Å². The Hall–Kier alpha value is -1.50. The minimum Gasteiger partial charge on any atom is -0.192 e. The second-order valence-corrected chi connectivity index (χ2v) is 2.10. The van der Waals surface area contributed by atoms with Crippen molar-refractivity contribution < 1.29 is 13.2 Å². The Morgan fingerprint density at radius 3 is 2.33 bits per heavy atom. The molecular formula is C8H3F3N. The Morgan fingerprint density at radius 2 is 2.00 bits per heavy atom. The molecule has 12 heavy (non-hydrogen) atoms. The highest BCUT2D eigenvalue weighted by Crippen LogP contribution is 2.28. The number of alkyl halides is 3. The summed E-state index contributed by atoms with van der Waals surface area (Å²) < 4.78 is 35.8. The van der Waals surface area contributed by atoms with Gasteiger partial charge in [-0.05, 0) is 18.2 Å². The lowest BCUT2D eigenvalue weighted by Crippen LogP contribution is -2.04. The highest BCUT2D eigenvalue weighted by molar-refractivity contribution is 5.31. The van der Waals surface area contributed by atoms with E-state index in [1.165, 1.54) is 0 Å². The van der Waals surface area contributed by atoms with Gasteiger partial charge in [0.1, 0.15) is 0 Å². The molecule has 0 fully saturated rings. The molecule has 0 saturated carbocycles. The summed E-state index contributed by atoms with van der Waals surface area (Å²) >= 11 is 0. The molecule has 0 amide bonds. The van der Waals surface area contributed by atoms with Gasteiger partial charge in [0.15, 0.2) is 0 Å². The zero-order valence-corrected chi connectivity index (χ0v) is 5.81. The molecule has 61 valence electrons. The van der Waals surface area contributed by atoms with Gasteiger partial charge in [0.2, 0.25) is 0 Å². The second-order valence-electron chi connectivity index (χ2n) is 2.10. The van der Waals surface area contributed by atoms with Crippen molar-refractivity contribution in [1.82, 2.24) is 0 Å². The van der Waals surface area contributed by atoms with Crippen molar-refractivity contribution >= 4 is 0 Å². The summed E-state index contributed by atoms with van der Waals surface area (Å²) in [5.74, 6) is 0. The molecule has 0 aliphatic rings. The zero-order chi connectivity index (χ0) is 9.19. The van der Waals surface area contributed by atoms with Gasteiger partial charge in [0.05, 0.1) is 17.2 Å². The summed E-state index contributed by atoms with van der Waals surface area (Å²) in [6, 6.07) is 6.60. The summed E-state index contributed by atoms with van der Waals surface area (Å²) in [6.45, 7) is 0. The molecule has 4 heteroatoms. The molecule has 0 bridgehead atoms. The number of hydrogen-bond donors (Lipinski definition) is 0. The maximum atomic E-state index is 11.9. The number of halogens is 3. The minimum atomic E-state index is -4.36. The molecule has 0 N–H and O–H groups in total. The molecule has 0 aliphatic carbocycles. The Labute approximate surface area is 67.1 Å². The van der Waals surface area contributed by atoms with Crippen LogP contribution in [-0.4, -0.2) is 0 Å². The average molecular weight is 170 g/mol. The lowest BCUT2D eigenvalue weighted by Gasteiger charge is -2.04. The molecule has 1 rings (SSSR count). The van der Waals surface area contributed by atoms with E-state index in [9.17, 15) is 13.2 Å². The van der Waals surface area contributed by atoms with Crippen molar-refractivity contribution in [3.63, 3.8) is 0 Å².